The molecular weight excluding hydrogens is 410 g/mol. The van der Waals surface area contributed by atoms with Gasteiger partial charge in [0.05, 0.1) is 35.8 Å². The largest absolute Gasteiger partial charge is 0.496 e. The quantitative estimate of drug-likeness (QED) is 0.332. The first-order valence-corrected chi connectivity index (χ1v) is 10.1. The first kappa shape index (κ1) is 22.7. The van der Waals surface area contributed by atoms with Gasteiger partial charge in [0.25, 0.3) is 11.7 Å². The number of ketones is 1. The van der Waals surface area contributed by atoms with Crippen molar-refractivity contribution in [2.24, 2.45) is 0 Å². The number of esters is 1. The zero-order valence-corrected chi connectivity index (χ0v) is 18.4. The smallest absolute Gasteiger partial charge is 0.380 e. The summed E-state index contributed by atoms with van der Waals surface area (Å²) in [4.78, 5) is 37.3. The van der Waals surface area contributed by atoms with E-state index in [-0.39, 0.29) is 11.6 Å². The van der Waals surface area contributed by atoms with Crippen molar-refractivity contribution in [1.82, 2.24) is 15.1 Å². The third kappa shape index (κ3) is 4.85. The van der Waals surface area contributed by atoms with Crippen LogP contribution in [0, 0.1) is 13.8 Å². The highest BCUT2D eigenvalue weighted by atomic mass is 16.5. The SMILES string of the molecule is COc1ccccc1C(C)NC(=O)COC(=O)C(=O)c1c(C)nn(-c2ccccc2)c1C. The van der Waals surface area contributed by atoms with E-state index in [0.717, 1.165) is 11.3 Å². The predicted octanol–water partition coefficient (Wildman–Crippen LogP) is 3.10. The van der Waals surface area contributed by atoms with E-state index in [1.165, 1.54) is 0 Å². The Labute approximate surface area is 186 Å². The molecular formula is C24H25N3O5. The Hall–Kier alpha value is -3.94. The number of carbonyl (C=O) groups excluding carboxylic acids is 3. The summed E-state index contributed by atoms with van der Waals surface area (Å²) in [5.74, 6) is -1.84. The number of aryl methyl sites for hydroxylation is 1. The highest BCUT2D eigenvalue weighted by Gasteiger charge is 2.27. The topological polar surface area (TPSA) is 99.5 Å². The normalized spacial score (nSPS) is 11.5. The van der Waals surface area contributed by atoms with Crippen molar-refractivity contribution in [3.8, 4) is 11.4 Å². The molecule has 0 saturated heterocycles. The van der Waals surface area contributed by atoms with Crippen LogP contribution < -0.4 is 10.1 Å². The highest BCUT2D eigenvalue weighted by molar-refractivity contribution is 6.41. The number of methoxy groups -OCH3 is 1. The lowest BCUT2D eigenvalue weighted by Gasteiger charge is -2.17. The number of hydrogen-bond donors (Lipinski definition) is 1. The number of rotatable bonds is 8. The van der Waals surface area contributed by atoms with Crippen molar-refractivity contribution < 1.29 is 23.9 Å². The van der Waals surface area contributed by atoms with Crippen molar-refractivity contribution in [3.63, 3.8) is 0 Å². The number of para-hydroxylation sites is 2. The van der Waals surface area contributed by atoms with E-state index in [0.29, 0.717) is 17.1 Å². The van der Waals surface area contributed by atoms with Gasteiger partial charge in [-0.15, -0.1) is 0 Å². The van der Waals surface area contributed by atoms with Gasteiger partial charge in [-0.25, -0.2) is 9.48 Å². The van der Waals surface area contributed by atoms with Crippen LogP contribution in [-0.4, -0.2) is 41.2 Å². The van der Waals surface area contributed by atoms with E-state index < -0.39 is 24.3 Å². The van der Waals surface area contributed by atoms with Crippen molar-refractivity contribution in [3.05, 3.63) is 77.1 Å². The molecule has 1 aromatic heterocycles. The summed E-state index contributed by atoms with van der Waals surface area (Å²) in [6, 6.07) is 16.2. The van der Waals surface area contributed by atoms with Gasteiger partial charge in [0.2, 0.25) is 0 Å². The Kier molecular flexibility index (Phi) is 7.04. The van der Waals surface area contributed by atoms with Crippen LogP contribution in [-0.2, 0) is 14.3 Å². The monoisotopic (exact) mass is 435 g/mol. The summed E-state index contributed by atoms with van der Waals surface area (Å²) in [6.07, 6.45) is 0. The second-order valence-corrected chi connectivity index (χ2v) is 7.23. The maximum absolute atomic E-state index is 12.7. The molecule has 3 aromatic rings. The Morgan fingerprint density at radius 1 is 1.03 bits per heavy atom. The Balaban J connectivity index is 1.63. The average Bonchev–Trinajstić information content (AvgIpc) is 3.11. The lowest BCUT2D eigenvalue weighted by molar-refractivity contribution is -0.144. The molecule has 166 valence electrons. The summed E-state index contributed by atoms with van der Waals surface area (Å²) in [6.45, 7) is 4.56. The van der Waals surface area contributed by atoms with Crippen LogP contribution in [0.3, 0.4) is 0 Å². The summed E-state index contributed by atoms with van der Waals surface area (Å²) in [7, 11) is 1.55. The molecule has 1 amide bonds. The summed E-state index contributed by atoms with van der Waals surface area (Å²) >= 11 is 0. The van der Waals surface area contributed by atoms with Crippen LogP contribution in [0.25, 0.3) is 5.69 Å². The van der Waals surface area contributed by atoms with Gasteiger partial charge in [-0.3, -0.25) is 9.59 Å². The number of amides is 1. The third-order valence-electron chi connectivity index (χ3n) is 5.02. The summed E-state index contributed by atoms with van der Waals surface area (Å²) < 4.78 is 11.9. The van der Waals surface area contributed by atoms with Crippen LogP contribution in [0.1, 0.15) is 40.3 Å². The molecule has 0 spiro atoms. The van der Waals surface area contributed by atoms with Crippen molar-refractivity contribution in [1.29, 1.82) is 0 Å². The van der Waals surface area contributed by atoms with Gasteiger partial charge in [-0.2, -0.15) is 5.10 Å². The number of benzene rings is 2. The molecule has 32 heavy (non-hydrogen) atoms. The van der Waals surface area contributed by atoms with Crippen molar-refractivity contribution in [2.75, 3.05) is 13.7 Å². The number of ether oxygens (including phenoxy) is 2. The molecule has 1 heterocycles. The van der Waals surface area contributed by atoms with E-state index in [1.54, 1.807) is 38.6 Å². The molecule has 1 atom stereocenters. The van der Waals surface area contributed by atoms with Crippen LogP contribution in [0.15, 0.2) is 54.6 Å². The van der Waals surface area contributed by atoms with E-state index in [4.69, 9.17) is 9.47 Å². The highest BCUT2D eigenvalue weighted by Crippen LogP contribution is 2.24. The third-order valence-corrected chi connectivity index (χ3v) is 5.02. The Morgan fingerprint density at radius 3 is 2.38 bits per heavy atom. The van der Waals surface area contributed by atoms with Crippen molar-refractivity contribution in [2.45, 2.75) is 26.8 Å². The molecule has 0 radical (unpaired) electrons. The fourth-order valence-corrected chi connectivity index (χ4v) is 3.48. The van der Waals surface area contributed by atoms with Crippen LogP contribution in [0.2, 0.25) is 0 Å². The Morgan fingerprint density at radius 2 is 1.69 bits per heavy atom. The van der Waals surface area contributed by atoms with Gasteiger partial charge in [0, 0.05) is 5.56 Å². The summed E-state index contributed by atoms with van der Waals surface area (Å²) in [5.41, 5.74) is 2.64. The van der Waals surface area contributed by atoms with Crippen LogP contribution in [0.4, 0.5) is 0 Å². The fraction of sp³-hybridized carbons (Fsp3) is 0.250. The molecule has 2 aromatic carbocycles. The number of Topliss-reactive ketones (excluding diaryl/α,β-unsaturated/α-hetero) is 1. The molecule has 0 aliphatic heterocycles. The second kappa shape index (κ2) is 9.91. The van der Waals surface area contributed by atoms with E-state index in [1.807, 2.05) is 48.5 Å². The number of carbonyl (C=O) groups is 3. The standard InChI is InChI=1S/C24H25N3O5/c1-15(19-12-8-9-13-20(19)31-4)25-21(28)14-32-24(30)23(29)22-16(2)26-27(17(22)3)18-10-6-5-7-11-18/h5-13,15H,14H2,1-4H3,(H,25,28). The lowest BCUT2D eigenvalue weighted by Crippen LogP contribution is -2.32. The molecule has 0 fully saturated rings. The van der Waals surface area contributed by atoms with Gasteiger partial charge < -0.3 is 14.8 Å². The molecule has 3 rings (SSSR count). The molecule has 8 nitrogen and oxygen atoms in total. The van der Waals surface area contributed by atoms with Gasteiger partial charge >= 0.3 is 5.97 Å². The van der Waals surface area contributed by atoms with E-state index in [2.05, 4.69) is 10.4 Å². The van der Waals surface area contributed by atoms with Gasteiger partial charge in [-0.1, -0.05) is 36.4 Å². The predicted molar refractivity (Wildman–Crippen MR) is 118 cm³/mol. The minimum Gasteiger partial charge on any atom is -0.496 e. The zero-order valence-electron chi connectivity index (χ0n) is 18.4. The number of hydrogen-bond acceptors (Lipinski definition) is 6. The van der Waals surface area contributed by atoms with Crippen LogP contribution >= 0.6 is 0 Å². The average molecular weight is 435 g/mol. The maximum atomic E-state index is 12.7. The van der Waals surface area contributed by atoms with E-state index in [9.17, 15) is 14.4 Å². The first-order valence-electron chi connectivity index (χ1n) is 10.1. The van der Waals surface area contributed by atoms with Crippen molar-refractivity contribution >= 4 is 17.7 Å². The lowest BCUT2D eigenvalue weighted by atomic mass is 10.1. The second-order valence-electron chi connectivity index (χ2n) is 7.23. The van der Waals surface area contributed by atoms with Gasteiger partial charge in [0.15, 0.2) is 6.61 Å². The molecule has 8 heteroatoms. The molecule has 1 unspecified atom stereocenters. The maximum Gasteiger partial charge on any atom is 0.380 e. The minimum atomic E-state index is -1.11. The molecule has 0 aliphatic rings. The zero-order chi connectivity index (χ0) is 23.3. The molecule has 0 saturated carbocycles. The molecule has 1 N–H and O–H groups in total. The van der Waals surface area contributed by atoms with Crippen LogP contribution in [0.5, 0.6) is 5.75 Å². The number of aromatic nitrogens is 2. The Bertz CT molecular complexity index is 1140. The minimum absolute atomic E-state index is 0.168. The fourth-order valence-electron chi connectivity index (χ4n) is 3.48. The van der Waals surface area contributed by atoms with E-state index >= 15 is 0 Å². The molecule has 0 aliphatic carbocycles. The van der Waals surface area contributed by atoms with Gasteiger partial charge in [0.1, 0.15) is 5.75 Å². The number of nitrogens with zero attached hydrogens (tertiary/aromatic N) is 2. The molecule has 0 bridgehead atoms. The summed E-state index contributed by atoms with van der Waals surface area (Å²) in [5, 5.41) is 7.09. The first-order chi connectivity index (χ1) is 15.3. The number of nitrogens with one attached hydrogen (secondary N) is 1. The van der Waals surface area contributed by atoms with Gasteiger partial charge in [-0.05, 0) is 39.0 Å².